The van der Waals surface area contributed by atoms with Gasteiger partial charge < -0.3 is 0 Å². The minimum Gasteiger partial charge on any atom is -0.206 e. The average Bonchev–Trinajstić information content (AvgIpc) is 2.26. The molecule has 19 heavy (non-hydrogen) atoms. The first-order chi connectivity index (χ1) is 8.75. The molecule has 0 amide bonds. The molecule has 0 saturated carbocycles. The summed E-state index contributed by atoms with van der Waals surface area (Å²) in [6, 6.07) is 8.16. The summed E-state index contributed by atoms with van der Waals surface area (Å²) in [5.41, 5.74) is 2.60. The molecule has 0 N–H and O–H groups in total. The van der Waals surface area contributed by atoms with Crippen LogP contribution in [0.3, 0.4) is 0 Å². The van der Waals surface area contributed by atoms with Gasteiger partial charge in [-0.05, 0) is 40.2 Å². The van der Waals surface area contributed by atoms with Crippen molar-refractivity contribution in [2.45, 2.75) is 52.9 Å². The normalized spacial score (nSPS) is 12.4. The quantitative estimate of drug-likeness (QED) is 0.614. The molecular weight excluding hydrogens is 235 g/mol. The SMILES string of the molecule is Cc1c(C(C)C)c(F)c(C(C)(C)C)c2ccccc12. The van der Waals surface area contributed by atoms with E-state index in [4.69, 9.17) is 0 Å². The smallest absolute Gasteiger partial charge is 0.131 e. The van der Waals surface area contributed by atoms with Crippen LogP contribution < -0.4 is 0 Å². The van der Waals surface area contributed by atoms with Gasteiger partial charge in [0.25, 0.3) is 0 Å². The Labute approximate surface area is 115 Å². The molecule has 2 aromatic rings. The van der Waals surface area contributed by atoms with Crippen molar-refractivity contribution in [3.8, 4) is 0 Å². The zero-order valence-corrected chi connectivity index (χ0v) is 12.8. The molecule has 0 bridgehead atoms. The Morgan fingerprint density at radius 2 is 1.53 bits per heavy atom. The van der Waals surface area contributed by atoms with E-state index >= 15 is 4.39 Å². The molecule has 0 saturated heterocycles. The highest BCUT2D eigenvalue weighted by atomic mass is 19.1. The Balaban J connectivity index is 3.01. The van der Waals surface area contributed by atoms with Crippen LogP contribution in [0.5, 0.6) is 0 Å². The fourth-order valence-corrected chi connectivity index (χ4v) is 3.01. The molecule has 0 radical (unpaired) electrons. The van der Waals surface area contributed by atoms with E-state index in [0.29, 0.717) is 0 Å². The number of benzene rings is 2. The predicted molar refractivity (Wildman–Crippen MR) is 81.4 cm³/mol. The van der Waals surface area contributed by atoms with E-state index in [1.54, 1.807) is 0 Å². The molecule has 0 aliphatic carbocycles. The highest BCUT2D eigenvalue weighted by Crippen LogP contribution is 2.38. The summed E-state index contributed by atoms with van der Waals surface area (Å²) in [4.78, 5) is 0. The number of rotatable bonds is 1. The van der Waals surface area contributed by atoms with E-state index in [1.165, 1.54) is 5.39 Å². The van der Waals surface area contributed by atoms with E-state index in [0.717, 1.165) is 22.1 Å². The first-order valence-electron chi connectivity index (χ1n) is 6.96. The fraction of sp³-hybridized carbons (Fsp3) is 0.444. The molecule has 2 rings (SSSR count). The van der Waals surface area contributed by atoms with Crippen molar-refractivity contribution in [3.63, 3.8) is 0 Å². The van der Waals surface area contributed by atoms with Gasteiger partial charge in [0.05, 0.1) is 0 Å². The van der Waals surface area contributed by atoms with Gasteiger partial charge in [0.1, 0.15) is 5.82 Å². The average molecular weight is 258 g/mol. The molecule has 102 valence electrons. The molecule has 0 spiro atoms. The van der Waals surface area contributed by atoms with Crippen LogP contribution in [0.15, 0.2) is 24.3 Å². The molecule has 0 aromatic heterocycles. The Hall–Kier alpha value is -1.37. The van der Waals surface area contributed by atoms with Crippen molar-refractivity contribution < 1.29 is 4.39 Å². The van der Waals surface area contributed by atoms with Gasteiger partial charge in [-0.1, -0.05) is 58.9 Å². The monoisotopic (exact) mass is 258 g/mol. The summed E-state index contributed by atoms with van der Waals surface area (Å²) in [6.45, 7) is 12.4. The first-order valence-corrected chi connectivity index (χ1v) is 6.96. The van der Waals surface area contributed by atoms with Crippen molar-refractivity contribution >= 4 is 10.8 Å². The van der Waals surface area contributed by atoms with Crippen LogP contribution in [0.2, 0.25) is 0 Å². The van der Waals surface area contributed by atoms with Crippen LogP contribution in [-0.2, 0) is 5.41 Å². The standard InChI is InChI=1S/C18H23F/c1-11(2)15-12(3)13-9-7-8-10-14(13)16(17(15)19)18(4,5)6/h7-11H,1-6H3. The molecule has 0 fully saturated rings. The topological polar surface area (TPSA) is 0 Å². The lowest BCUT2D eigenvalue weighted by Gasteiger charge is -2.26. The van der Waals surface area contributed by atoms with Gasteiger partial charge in [0, 0.05) is 5.56 Å². The number of halogens is 1. The van der Waals surface area contributed by atoms with E-state index in [9.17, 15) is 0 Å². The Morgan fingerprint density at radius 3 is 2.00 bits per heavy atom. The molecule has 2 aromatic carbocycles. The summed E-state index contributed by atoms with van der Waals surface area (Å²) < 4.78 is 15.0. The fourth-order valence-electron chi connectivity index (χ4n) is 3.01. The summed E-state index contributed by atoms with van der Waals surface area (Å²) in [7, 11) is 0. The molecule has 0 nitrogen and oxygen atoms in total. The third kappa shape index (κ3) is 2.27. The lowest BCUT2D eigenvalue weighted by atomic mass is 9.79. The van der Waals surface area contributed by atoms with Crippen LogP contribution in [0.4, 0.5) is 4.39 Å². The Bertz CT molecular complexity index is 616. The lowest BCUT2D eigenvalue weighted by molar-refractivity contribution is 0.515. The van der Waals surface area contributed by atoms with Gasteiger partial charge in [-0.25, -0.2) is 4.39 Å². The zero-order chi connectivity index (χ0) is 14.4. The summed E-state index contributed by atoms with van der Waals surface area (Å²) in [6.07, 6.45) is 0. The van der Waals surface area contributed by atoms with Crippen LogP contribution in [0.1, 0.15) is 57.2 Å². The zero-order valence-electron chi connectivity index (χ0n) is 12.8. The summed E-state index contributed by atoms with van der Waals surface area (Å²) in [5.74, 6) is 0.185. The third-order valence-corrected chi connectivity index (χ3v) is 3.79. The van der Waals surface area contributed by atoms with E-state index in [2.05, 4.69) is 40.7 Å². The third-order valence-electron chi connectivity index (χ3n) is 3.79. The van der Waals surface area contributed by atoms with Crippen LogP contribution >= 0.6 is 0 Å². The van der Waals surface area contributed by atoms with Crippen molar-refractivity contribution in [3.05, 3.63) is 46.8 Å². The molecule has 0 atom stereocenters. The second-order valence-corrected chi connectivity index (χ2v) is 6.68. The van der Waals surface area contributed by atoms with Crippen LogP contribution in [0, 0.1) is 12.7 Å². The maximum atomic E-state index is 15.0. The minimum absolute atomic E-state index is 0.0151. The van der Waals surface area contributed by atoms with E-state index < -0.39 is 0 Å². The predicted octanol–water partition coefficient (Wildman–Crippen LogP) is 5.71. The molecule has 0 unspecified atom stereocenters. The largest absolute Gasteiger partial charge is 0.206 e. The van der Waals surface area contributed by atoms with Gasteiger partial charge in [0.15, 0.2) is 0 Å². The number of aryl methyl sites for hydroxylation is 1. The van der Waals surface area contributed by atoms with Crippen LogP contribution in [-0.4, -0.2) is 0 Å². The molecule has 0 aliphatic rings. The Morgan fingerprint density at radius 1 is 1.00 bits per heavy atom. The van der Waals surface area contributed by atoms with Crippen molar-refractivity contribution in [2.75, 3.05) is 0 Å². The van der Waals surface area contributed by atoms with Crippen molar-refractivity contribution in [1.29, 1.82) is 0 Å². The van der Waals surface area contributed by atoms with Gasteiger partial charge >= 0.3 is 0 Å². The van der Waals surface area contributed by atoms with Gasteiger partial charge in [-0.3, -0.25) is 0 Å². The maximum absolute atomic E-state index is 15.0. The molecular formula is C18H23F. The highest BCUT2D eigenvalue weighted by Gasteiger charge is 2.26. The number of hydrogen-bond acceptors (Lipinski definition) is 0. The van der Waals surface area contributed by atoms with Gasteiger partial charge in [0.2, 0.25) is 0 Å². The summed E-state index contributed by atoms with van der Waals surface area (Å²) in [5, 5.41) is 2.23. The maximum Gasteiger partial charge on any atom is 0.131 e. The lowest BCUT2D eigenvalue weighted by Crippen LogP contribution is -2.17. The first kappa shape index (κ1) is 14.0. The molecule has 0 aliphatic heterocycles. The second kappa shape index (κ2) is 4.63. The number of fused-ring (bicyclic) bond motifs is 1. The molecule has 0 heterocycles. The highest BCUT2D eigenvalue weighted by molar-refractivity contribution is 5.90. The van der Waals surface area contributed by atoms with Gasteiger partial charge in [-0.2, -0.15) is 0 Å². The van der Waals surface area contributed by atoms with Gasteiger partial charge in [-0.15, -0.1) is 0 Å². The van der Waals surface area contributed by atoms with Crippen molar-refractivity contribution in [2.24, 2.45) is 0 Å². The van der Waals surface area contributed by atoms with Crippen molar-refractivity contribution in [1.82, 2.24) is 0 Å². The van der Waals surface area contributed by atoms with E-state index in [1.807, 2.05) is 25.1 Å². The Kier molecular flexibility index (Phi) is 3.42. The summed E-state index contributed by atoms with van der Waals surface area (Å²) >= 11 is 0. The minimum atomic E-state index is -0.193. The second-order valence-electron chi connectivity index (χ2n) is 6.68. The van der Waals surface area contributed by atoms with Crippen LogP contribution in [0.25, 0.3) is 10.8 Å². The molecule has 1 heteroatoms. The van der Waals surface area contributed by atoms with E-state index in [-0.39, 0.29) is 17.2 Å². The number of hydrogen-bond donors (Lipinski definition) is 0.